The molecular weight excluding hydrogens is 595 g/mol. The van der Waals surface area contributed by atoms with Crippen LogP contribution in [-0.4, -0.2) is 6.21 Å². The first-order valence-corrected chi connectivity index (χ1v) is 16.5. The molecule has 0 amide bonds. The second-order valence-corrected chi connectivity index (χ2v) is 12.5. The number of fused-ring (bicyclic) bond motifs is 5. The van der Waals surface area contributed by atoms with Crippen LogP contribution in [0.5, 0.6) is 0 Å². The highest BCUT2D eigenvalue weighted by atomic mass is 16.3. The molecule has 0 radical (unpaired) electrons. The van der Waals surface area contributed by atoms with Crippen molar-refractivity contribution in [3.05, 3.63) is 168 Å². The topological polar surface area (TPSA) is 37.0 Å². The van der Waals surface area contributed by atoms with Gasteiger partial charge in [0.25, 0.3) is 0 Å². The third-order valence-electron chi connectivity index (χ3n) is 9.77. The molecule has 0 saturated carbocycles. The Morgan fingerprint density at radius 2 is 1.00 bits per heavy atom. The second kappa shape index (κ2) is 11.6. The molecule has 0 atom stereocenters. The van der Waals surface area contributed by atoms with Gasteiger partial charge in [0.2, 0.25) is 0 Å². The lowest BCUT2D eigenvalue weighted by atomic mass is 9.87. The molecule has 0 saturated heterocycles. The Morgan fingerprint density at radius 3 is 1.76 bits per heavy atom. The molecule has 0 spiro atoms. The van der Waals surface area contributed by atoms with E-state index in [1.807, 2.05) is 18.2 Å². The van der Waals surface area contributed by atoms with Gasteiger partial charge < -0.3 is 9.83 Å². The summed E-state index contributed by atoms with van der Waals surface area (Å²) in [5.74, 6) is 0. The lowest BCUT2D eigenvalue weighted by Crippen LogP contribution is -2.28. The monoisotopic (exact) mass is 625 g/mol. The van der Waals surface area contributed by atoms with E-state index in [0.717, 1.165) is 76.5 Å². The normalized spacial score (nSPS) is 12.0. The highest BCUT2D eigenvalue weighted by Gasteiger charge is 2.15. The Kier molecular flexibility index (Phi) is 6.81. The van der Waals surface area contributed by atoms with Crippen LogP contribution in [0.2, 0.25) is 0 Å². The summed E-state index contributed by atoms with van der Waals surface area (Å²) in [6.45, 7) is 4.64. The number of furan rings is 1. The van der Waals surface area contributed by atoms with Crippen molar-refractivity contribution in [3.8, 4) is 44.5 Å². The Hall–Kier alpha value is -6.51. The minimum atomic E-state index is 0.896. The molecule has 1 heterocycles. The zero-order valence-corrected chi connectivity index (χ0v) is 26.8. The molecule has 0 unspecified atom stereocenters. The fourth-order valence-electron chi connectivity index (χ4n) is 7.45. The smallest absolute Gasteiger partial charge is 0.135 e. The lowest BCUT2D eigenvalue weighted by Gasteiger charge is -2.16. The van der Waals surface area contributed by atoms with Gasteiger partial charge >= 0.3 is 0 Å². The Morgan fingerprint density at radius 1 is 0.449 bits per heavy atom. The molecule has 0 fully saturated rings. The Labute approximate surface area is 284 Å². The molecule has 230 valence electrons. The largest absolute Gasteiger partial charge is 0.456 e. The van der Waals surface area contributed by atoms with Crippen LogP contribution in [-0.2, 0) is 0 Å². The Balaban J connectivity index is 1.16. The number of rotatable bonds is 5. The van der Waals surface area contributed by atoms with E-state index >= 15 is 0 Å². The second-order valence-electron chi connectivity index (χ2n) is 12.5. The van der Waals surface area contributed by atoms with Crippen LogP contribution in [0.3, 0.4) is 0 Å². The quantitative estimate of drug-likeness (QED) is 0.190. The van der Waals surface area contributed by atoms with Gasteiger partial charge in [0.1, 0.15) is 11.2 Å². The van der Waals surface area contributed by atoms with Gasteiger partial charge in [-0.3, -0.25) is 0 Å². The first kappa shape index (κ1) is 28.7. The maximum atomic E-state index is 8.11. The molecule has 49 heavy (non-hydrogen) atoms. The van der Waals surface area contributed by atoms with E-state index in [0.29, 0.717) is 0 Å². The van der Waals surface area contributed by atoms with Crippen molar-refractivity contribution >= 4 is 62.4 Å². The predicted octanol–water partition coefficient (Wildman–Crippen LogP) is 11.4. The lowest BCUT2D eigenvalue weighted by molar-refractivity contribution is 0.669. The summed E-state index contributed by atoms with van der Waals surface area (Å²) >= 11 is 0. The van der Waals surface area contributed by atoms with Gasteiger partial charge in [-0.05, 0) is 101 Å². The number of hydrogen-bond donors (Lipinski definition) is 1. The molecule has 0 bridgehead atoms. The molecule has 9 rings (SSSR count). The fraction of sp³-hybridized carbons (Fsp3) is 0. The summed E-state index contributed by atoms with van der Waals surface area (Å²) in [5, 5.41) is 17.0. The van der Waals surface area contributed by atoms with Crippen LogP contribution in [0, 0.1) is 5.41 Å². The van der Waals surface area contributed by atoms with Crippen molar-refractivity contribution in [1.29, 1.82) is 5.41 Å². The predicted molar refractivity (Wildman–Crippen MR) is 208 cm³/mol. The van der Waals surface area contributed by atoms with Crippen LogP contribution in [0.1, 0.15) is 0 Å². The van der Waals surface area contributed by atoms with E-state index in [2.05, 4.69) is 152 Å². The van der Waals surface area contributed by atoms with Crippen molar-refractivity contribution in [2.75, 3.05) is 0 Å². The summed E-state index contributed by atoms with van der Waals surface area (Å²) in [6.07, 6.45) is 3.25. The maximum absolute atomic E-state index is 8.11. The molecule has 9 aromatic rings. The van der Waals surface area contributed by atoms with E-state index in [1.165, 1.54) is 28.1 Å². The van der Waals surface area contributed by atoms with E-state index < -0.39 is 0 Å². The maximum Gasteiger partial charge on any atom is 0.135 e. The van der Waals surface area contributed by atoms with Gasteiger partial charge in [-0.2, -0.15) is 0 Å². The van der Waals surface area contributed by atoms with E-state index in [4.69, 9.17) is 9.83 Å². The zero-order chi connectivity index (χ0) is 32.9. The molecule has 0 aliphatic rings. The van der Waals surface area contributed by atoms with Gasteiger partial charge in [-0.25, -0.2) is 0 Å². The summed E-state index contributed by atoms with van der Waals surface area (Å²) in [4.78, 5) is 0. The Bertz CT molecular complexity index is 2840. The summed E-state index contributed by atoms with van der Waals surface area (Å²) in [6, 6.07) is 55.7. The van der Waals surface area contributed by atoms with Gasteiger partial charge in [0.15, 0.2) is 0 Å². The van der Waals surface area contributed by atoms with Crippen molar-refractivity contribution in [3.63, 3.8) is 0 Å². The zero-order valence-electron chi connectivity index (χ0n) is 26.8. The first-order valence-electron chi connectivity index (χ1n) is 16.5. The van der Waals surface area contributed by atoms with Crippen LogP contribution in [0.15, 0.2) is 162 Å². The van der Waals surface area contributed by atoms with E-state index in [1.54, 1.807) is 0 Å². The fourth-order valence-corrected chi connectivity index (χ4v) is 7.45. The molecule has 0 aliphatic carbocycles. The summed E-state index contributed by atoms with van der Waals surface area (Å²) in [5.41, 5.74) is 10.8. The van der Waals surface area contributed by atoms with Crippen LogP contribution < -0.4 is 10.4 Å². The highest BCUT2D eigenvalue weighted by molar-refractivity contribution is 6.08. The third kappa shape index (κ3) is 4.77. The van der Waals surface area contributed by atoms with E-state index in [9.17, 15) is 0 Å². The van der Waals surface area contributed by atoms with Crippen molar-refractivity contribution < 1.29 is 4.42 Å². The van der Waals surface area contributed by atoms with Gasteiger partial charge in [-0.15, -0.1) is 0 Å². The molecule has 1 aromatic heterocycles. The minimum Gasteiger partial charge on any atom is -0.456 e. The van der Waals surface area contributed by atoms with Crippen molar-refractivity contribution in [2.45, 2.75) is 0 Å². The highest BCUT2D eigenvalue weighted by Crippen LogP contribution is 2.36. The molecule has 2 nitrogen and oxygen atoms in total. The molecule has 8 aromatic carbocycles. The number of para-hydroxylation sites is 1. The van der Waals surface area contributed by atoms with Crippen LogP contribution in [0.4, 0.5) is 0 Å². The van der Waals surface area contributed by atoms with Crippen LogP contribution >= 0.6 is 0 Å². The minimum absolute atomic E-state index is 0.896. The average Bonchev–Trinajstić information content (AvgIpc) is 3.53. The molecule has 2 heteroatoms. The van der Waals surface area contributed by atoms with Crippen molar-refractivity contribution in [1.82, 2.24) is 0 Å². The number of benzene rings is 8. The van der Waals surface area contributed by atoms with Gasteiger partial charge in [0.05, 0.1) is 0 Å². The molecule has 0 aliphatic heterocycles. The number of nitrogens with one attached hydrogen (secondary N) is 1. The molecular formula is C47H31NO. The van der Waals surface area contributed by atoms with Gasteiger partial charge in [0, 0.05) is 17.0 Å². The summed E-state index contributed by atoms with van der Waals surface area (Å²) < 4.78 is 6.06. The standard InChI is InChI=1S/C47H31NO/c1-30-37(27-28-48)47(35-23-19-33(20-24-35)39-15-8-10-32-9-2-3-11-38(32)39)42-14-5-4-13-41(42)46(30)34-21-17-31(18-22-34)36-25-26-45-43(29-36)40-12-6-7-16-44(40)49-45/h2-29,48H,1H2/b37-27+,48-28?. The van der Waals surface area contributed by atoms with Crippen LogP contribution in [0.25, 0.3) is 101 Å². The SMILES string of the molecule is C=c1c(-c2ccc(-c3ccc4oc5ccccc5c4c3)cc2)c2ccccc2c(-c2ccc(-c3cccc4ccccc34)cc2)/c1=C/C=N. The van der Waals surface area contributed by atoms with Gasteiger partial charge in [-0.1, -0.05) is 146 Å². The first-order chi connectivity index (χ1) is 24.2. The number of hydrogen-bond acceptors (Lipinski definition) is 2. The van der Waals surface area contributed by atoms with Crippen molar-refractivity contribution in [2.24, 2.45) is 0 Å². The summed E-state index contributed by atoms with van der Waals surface area (Å²) in [7, 11) is 0. The molecule has 1 N–H and O–H groups in total. The van der Waals surface area contributed by atoms with E-state index in [-0.39, 0.29) is 0 Å². The third-order valence-corrected chi connectivity index (χ3v) is 9.77. The average molecular weight is 626 g/mol.